The first-order chi connectivity index (χ1) is 14.2. The minimum absolute atomic E-state index is 0.556. The fraction of sp³-hybridized carbons (Fsp3) is 0.0769. The first kappa shape index (κ1) is 18.6. The molecule has 29 heavy (non-hydrogen) atoms. The van der Waals surface area contributed by atoms with Gasteiger partial charge in [0, 0.05) is 23.1 Å². The van der Waals surface area contributed by atoms with Gasteiger partial charge in [0.15, 0.2) is 0 Å². The second kappa shape index (κ2) is 8.98. The van der Waals surface area contributed by atoms with Crippen LogP contribution in [0.25, 0.3) is 0 Å². The molecule has 144 valence electrons. The number of hydrogen-bond donors (Lipinski definition) is 2. The van der Waals surface area contributed by atoms with Crippen molar-refractivity contribution in [1.82, 2.24) is 0 Å². The Balaban J connectivity index is 1.42. The second-order valence-corrected chi connectivity index (χ2v) is 7.05. The Bertz CT molecular complexity index is 1080. The Morgan fingerprint density at radius 1 is 0.621 bits per heavy atom. The molecule has 3 N–H and O–H groups in total. The number of benzene rings is 4. The standard InChI is InChI=1S/C26H24N2O/c27-23-11-4-9-21(16-23)15-22-10-5-12-24(17-22)28-25-13-6-14-26(18-25)29-19-20-7-2-1-3-8-20/h1-14,16-18,28H,15,19,27H2. The predicted molar refractivity (Wildman–Crippen MR) is 121 cm³/mol. The van der Waals surface area contributed by atoms with Gasteiger partial charge in [-0.15, -0.1) is 0 Å². The molecule has 3 nitrogen and oxygen atoms in total. The third-order valence-corrected chi connectivity index (χ3v) is 4.66. The summed E-state index contributed by atoms with van der Waals surface area (Å²) in [6.07, 6.45) is 0.848. The molecule has 0 radical (unpaired) electrons. The van der Waals surface area contributed by atoms with E-state index in [0.717, 1.165) is 34.8 Å². The van der Waals surface area contributed by atoms with Gasteiger partial charge in [0.25, 0.3) is 0 Å². The molecule has 0 atom stereocenters. The SMILES string of the molecule is Nc1cccc(Cc2cccc(Nc3cccc(OCc4ccccc4)c3)c2)c1. The third-order valence-electron chi connectivity index (χ3n) is 4.66. The zero-order chi connectivity index (χ0) is 19.9. The van der Waals surface area contributed by atoms with E-state index in [2.05, 4.69) is 47.8 Å². The fourth-order valence-electron chi connectivity index (χ4n) is 3.27. The molecular weight excluding hydrogens is 356 g/mol. The highest BCUT2D eigenvalue weighted by Crippen LogP contribution is 2.24. The van der Waals surface area contributed by atoms with E-state index in [9.17, 15) is 0 Å². The van der Waals surface area contributed by atoms with Crippen molar-refractivity contribution < 1.29 is 4.74 Å². The molecule has 4 aromatic carbocycles. The average molecular weight is 380 g/mol. The van der Waals surface area contributed by atoms with Crippen molar-refractivity contribution in [2.75, 3.05) is 11.1 Å². The Kier molecular flexibility index (Phi) is 5.77. The van der Waals surface area contributed by atoms with Crippen LogP contribution >= 0.6 is 0 Å². The topological polar surface area (TPSA) is 47.3 Å². The molecule has 0 fully saturated rings. The van der Waals surface area contributed by atoms with Gasteiger partial charge in [-0.2, -0.15) is 0 Å². The number of anilines is 3. The number of ether oxygens (including phenoxy) is 1. The second-order valence-electron chi connectivity index (χ2n) is 7.05. The quantitative estimate of drug-likeness (QED) is 0.376. The van der Waals surface area contributed by atoms with Gasteiger partial charge in [0.1, 0.15) is 12.4 Å². The van der Waals surface area contributed by atoms with Crippen LogP contribution in [0.2, 0.25) is 0 Å². The van der Waals surface area contributed by atoms with Crippen LogP contribution < -0.4 is 15.8 Å². The van der Waals surface area contributed by atoms with Crippen molar-refractivity contribution in [2.24, 2.45) is 0 Å². The Morgan fingerprint density at radius 3 is 2.07 bits per heavy atom. The maximum Gasteiger partial charge on any atom is 0.121 e. The molecule has 0 aliphatic heterocycles. The summed E-state index contributed by atoms with van der Waals surface area (Å²) in [6, 6.07) is 34.7. The van der Waals surface area contributed by atoms with E-state index >= 15 is 0 Å². The molecular formula is C26H24N2O. The maximum atomic E-state index is 5.93. The Labute approximate surface area is 171 Å². The first-order valence-electron chi connectivity index (χ1n) is 9.72. The minimum Gasteiger partial charge on any atom is -0.489 e. The molecule has 0 aliphatic rings. The van der Waals surface area contributed by atoms with Gasteiger partial charge >= 0.3 is 0 Å². The molecule has 0 amide bonds. The van der Waals surface area contributed by atoms with E-state index in [4.69, 9.17) is 10.5 Å². The first-order valence-corrected chi connectivity index (χ1v) is 9.72. The van der Waals surface area contributed by atoms with Crippen LogP contribution in [0.15, 0.2) is 103 Å². The van der Waals surface area contributed by atoms with Crippen molar-refractivity contribution >= 4 is 17.1 Å². The van der Waals surface area contributed by atoms with Crippen LogP contribution in [0.1, 0.15) is 16.7 Å². The molecule has 0 bridgehead atoms. The molecule has 3 heteroatoms. The average Bonchev–Trinajstić information content (AvgIpc) is 2.74. The number of nitrogens with two attached hydrogens (primary N) is 1. The van der Waals surface area contributed by atoms with Gasteiger partial charge < -0.3 is 15.8 Å². The van der Waals surface area contributed by atoms with Crippen LogP contribution in [0.3, 0.4) is 0 Å². The molecule has 0 unspecified atom stereocenters. The zero-order valence-electron chi connectivity index (χ0n) is 16.2. The lowest BCUT2D eigenvalue weighted by atomic mass is 10.0. The summed E-state index contributed by atoms with van der Waals surface area (Å²) in [6.45, 7) is 0.556. The normalized spacial score (nSPS) is 10.5. The van der Waals surface area contributed by atoms with E-state index in [1.54, 1.807) is 0 Å². The van der Waals surface area contributed by atoms with Gasteiger partial charge in [-0.25, -0.2) is 0 Å². The highest BCUT2D eigenvalue weighted by atomic mass is 16.5. The van der Waals surface area contributed by atoms with E-state index in [1.165, 1.54) is 11.1 Å². The molecule has 0 aliphatic carbocycles. The lowest BCUT2D eigenvalue weighted by molar-refractivity contribution is 0.306. The largest absolute Gasteiger partial charge is 0.489 e. The van der Waals surface area contributed by atoms with Crippen molar-refractivity contribution in [2.45, 2.75) is 13.0 Å². The molecule has 4 rings (SSSR count). The smallest absolute Gasteiger partial charge is 0.121 e. The number of nitrogen functional groups attached to an aromatic ring is 1. The van der Waals surface area contributed by atoms with Gasteiger partial charge in [-0.05, 0) is 59.5 Å². The molecule has 0 aromatic heterocycles. The highest BCUT2D eigenvalue weighted by molar-refractivity contribution is 5.62. The van der Waals surface area contributed by atoms with E-state index in [-0.39, 0.29) is 0 Å². The molecule has 0 spiro atoms. The van der Waals surface area contributed by atoms with Gasteiger partial charge in [-0.1, -0.05) is 60.7 Å². The monoisotopic (exact) mass is 380 g/mol. The van der Waals surface area contributed by atoms with Crippen molar-refractivity contribution in [3.8, 4) is 5.75 Å². The predicted octanol–water partition coefficient (Wildman–Crippen LogP) is 6.18. The Hall–Kier alpha value is -3.72. The van der Waals surface area contributed by atoms with Crippen LogP contribution in [-0.2, 0) is 13.0 Å². The summed E-state index contributed by atoms with van der Waals surface area (Å²) in [4.78, 5) is 0. The maximum absolute atomic E-state index is 5.93. The number of rotatable bonds is 7. The zero-order valence-corrected chi connectivity index (χ0v) is 16.2. The highest BCUT2D eigenvalue weighted by Gasteiger charge is 2.02. The van der Waals surface area contributed by atoms with E-state index in [0.29, 0.717) is 6.61 Å². The molecule has 0 saturated carbocycles. The summed E-state index contributed by atoms with van der Waals surface area (Å²) >= 11 is 0. The van der Waals surface area contributed by atoms with Gasteiger partial charge in [-0.3, -0.25) is 0 Å². The van der Waals surface area contributed by atoms with Crippen LogP contribution in [-0.4, -0.2) is 0 Å². The van der Waals surface area contributed by atoms with Gasteiger partial charge in [0.05, 0.1) is 0 Å². The van der Waals surface area contributed by atoms with Crippen LogP contribution in [0.5, 0.6) is 5.75 Å². The minimum atomic E-state index is 0.556. The molecule has 0 heterocycles. The fourth-order valence-corrected chi connectivity index (χ4v) is 3.27. The van der Waals surface area contributed by atoms with E-state index in [1.807, 2.05) is 60.7 Å². The van der Waals surface area contributed by atoms with Crippen LogP contribution in [0.4, 0.5) is 17.1 Å². The number of hydrogen-bond acceptors (Lipinski definition) is 3. The summed E-state index contributed by atoms with van der Waals surface area (Å²) in [5.41, 5.74) is 12.3. The van der Waals surface area contributed by atoms with Crippen molar-refractivity contribution in [3.05, 3.63) is 120 Å². The summed E-state index contributed by atoms with van der Waals surface area (Å²) < 4.78 is 5.93. The number of nitrogens with one attached hydrogen (secondary N) is 1. The van der Waals surface area contributed by atoms with Crippen LogP contribution in [0, 0.1) is 0 Å². The summed E-state index contributed by atoms with van der Waals surface area (Å²) in [7, 11) is 0. The van der Waals surface area contributed by atoms with Crippen molar-refractivity contribution in [3.63, 3.8) is 0 Å². The third kappa shape index (κ3) is 5.39. The van der Waals surface area contributed by atoms with E-state index < -0.39 is 0 Å². The lowest BCUT2D eigenvalue weighted by Gasteiger charge is -2.11. The Morgan fingerprint density at radius 2 is 1.28 bits per heavy atom. The van der Waals surface area contributed by atoms with Gasteiger partial charge in [0.2, 0.25) is 0 Å². The molecule has 0 saturated heterocycles. The molecule has 4 aromatic rings. The summed E-state index contributed by atoms with van der Waals surface area (Å²) in [5, 5.41) is 3.48. The summed E-state index contributed by atoms with van der Waals surface area (Å²) in [5.74, 6) is 0.842. The van der Waals surface area contributed by atoms with Crippen molar-refractivity contribution in [1.29, 1.82) is 0 Å². The lowest BCUT2D eigenvalue weighted by Crippen LogP contribution is -1.97.